The van der Waals surface area contributed by atoms with E-state index in [1.54, 1.807) is 12.0 Å². The van der Waals surface area contributed by atoms with Gasteiger partial charge in [0.2, 0.25) is 0 Å². The van der Waals surface area contributed by atoms with Crippen molar-refractivity contribution in [2.75, 3.05) is 38.3 Å². The van der Waals surface area contributed by atoms with E-state index in [0.717, 1.165) is 18.0 Å². The molecular weight excluding hydrogens is 246 g/mol. The van der Waals surface area contributed by atoms with Crippen LogP contribution in [-0.4, -0.2) is 38.3 Å². The standard InChI is InChI=1S/C14H21NO2S/c1-3-17-14-10-12(4-5-13(14)16-2)11-15-6-8-18-9-7-15/h4-5,10H,3,6-9,11H2,1-2H3/p+1. The Bertz CT molecular complexity index is 378. The van der Waals surface area contributed by atoms with Crippen LogP contribution in [0.15, 0.2) is 18.2 Å². The predicted molar refractivity (Wildman–Crippen MR) is 75.9 cm³/mol. The molecule has 1 aliphatic heterocycles. The molecule has 0 spiro atoms. The van der Waals surface area contributed by atoms with Crippen LogP contribution in [0.2, 0.25) is 0 Å². The lowest BCUT2D eigenvalue weighted by molar-refractivity contribution is -0.910. The lowest BCUT2D eigenvalue weighted by Crippen LogP contribution is -3.12. The Morgan fingerprint density at radius 2 is 2.00 bits per heavy atom. The topological polar surface area (TPSA) is 22.9 Å². The van der Waals surface area contributed by atoms with E-state index in [2.05, 4.69) is 23.9 Å². The Morgan fingerprint density at radius 3 is 2.67 bits per heavy atom. The van der Waals surface area contributed by atoms with Crippen LogP contribution in [0.25, 0.3) is 0 Å². The third-order valence-electron chi connectivity index (χ3n) is 3.18. The van der Waals surface area contributed by atoms with Crippen molar-refractivity contribution in [1.29, 1.82) is 0 Å². The highest BCUT2D eigenvalue weighted by Gasteiger charge is 2.15. The van der Waals surface area contributed by atoms with Gasteiger partial charge in [0.05, 0.1) is 26.8 Å². The molecular formula is C14H22NO2S+. The molecule has 0 amide bonds. The molecule has 1 aromatic carbocycles. The molecule has 0 radical (unpaired) electrons. The first-order chi connectivity index (χ1) is 8.83. The van der Waals surface area contributed by atoms with E-state index in [9.17, 15) is 0 Å². The highest BCUT2D eigenvalue weighted by molar-refractivity contribution is 7.99. The SMILES string of the molecule is CCOc1cc(C[NH+]2CCSCC2)ccc1OC. The van der Waals surface area contributed by atoms with Crippen molar-refractivity contribution in [2.45, 2.75) is 13.5 Å². The number of hydrogen-bond donors (Lipinski definition) is 1. The second kappa shape index (κ2) is 6.90. The van der Waals surface area contributed by atoms with E-state index in [1.165, 1.54) is 30.2 Å². The van der Waals surface area contributed by atoms with Crippen LogP contribution >= 0.6 is 11.8 Å². The molecule has 0 bridgehead atoms. The Labute approximate surface area is 113 Å². The molecule has 0 saturated carbocycles. The molecule has 0 aliphatic carbocycles. The molecule has 0 unspecified atom stereocenters. The van der Waals surface area contributed by atoms with Crippen molar-refractivity contribution in [2.24, 2.45) is 0 Å². The summed E-state index contributed by atoms with van der Waals surface area (Å²) in [7, 11) is 1.69. The fraction of sp³-hybridized carbons (Fsp3) is 0.571. The minimum Gasteiger partial charge on any atom is -0.493 e. The van der Waals surface area contributed by atoms with E-state index in [-0.39, 0.29) is 0 Å². The number of nitrogens with one attached hydrogen (secondary N) is 1. The van der Waals surface area contributed by atoms with Gasteiger partial charge in [-0.15, -0.1) is 0 Å². The highest BCUT2D eigenvalue weighted by Crippen LogP contribution is 2.27. The molecule has 4 heteroatoms. The van der Waals surface area contributed by atoms with Crippen LogP contribution in [0.4, 0.5) is 0 Å². The maximum absolute atomic E-state index is 5.62. The Balaban J connectivity index is 2.05. The molecule has 1 fully saturated rings. The second-order valence-corrected chi connectivity index (χ2v) is 5.68. The lowest BCUT2D eigenvalue weighted by atomic mass is 10.2. The normalized spacial score (nSPS) is 16.6. The van der Waals surface area contributed by atoms with Crippen molar-refractivity contribution in [3.8, 4) is 11.5 Å². The molecule has 1 N–H and O–H groups in total. The number of ether oxygens (including phenoxy) is 2. The molecule has 3 nitrogen and oxygen atoms in total. The Kier molecular flexibility index (Phi) is 5.20. The van der Waals surface area contributed by atoms with Crippen LogP contribution < -0.4 is 14.4 Å². The van der Waals surface area contributed by atoms with Gasteiger partial charge in [-0.1, -0.05) is 0 Å². The zero-order valence-corrected chi connectivity index (χ0v) is 12.0. The average Bonchev–Trinajstić information content (AvgIpc) is 2.41. The number of thioether (sulfide) groups is 1. The van der Waals surface area contributed by atoms with E-state index in [4.69, 9.17) is 9.47 Å². The second-order valence-electron chi connectivity index (χ2n) is 4.46. The fourth-order valence-corrected chi connectivity index (χ4v) is 3.30. The van der Waals surface area contributed by atoms with Crippen LogP contribution in [0, 0.1) is 0 Å². The molecule has 1 aliphatic rings. The van der Waals surface area contributed by atoms with E-state index in [0.29, 0.717) is 6.61 Å². The zero-order valence-electron chi connectivity index (χ0n) is 11.2. The minimum absolute atomic E-state index is 0.674. The number of methoxy groups -OCH3 is 1. The van der Waals surface area contributed by atoms with Crippen LogP contribution in [0.5, 0.6) is 11.5 Å². The van der Waals surface area contributed by atoms with E-state index >= 15 is 0 Å². The summed E-state index contributed by atoms with van der Waals surface area (Å²) in [5, 5.41) is 0. The summed E-state index contributed by atoms with van der Waals surface area (Å²) in [4.78, 5) is 1.67. The lowest BCUT2D eigenvalue weighted by Gasteiger charge is -2.23. The van der Waals surface area contributed by atoms with Gasteiger partial charge < -0.3 is 14.4 Å². The number of rotatable bonds is 5. The van der Waals surface area contributed by atoms with Crippen LogP contribution in [-0.2, 0) is 6.54 Å². The first kappa shape index (κ1) is 13.6. The maximum atomic E-state index is 5.62. The van der Waals surface area contributed by atoms with Gasteiger partial charge in [0.1, 0.15) is 6.54 Å². The van der Waals surface area contributed by atoms with Gasteiger partial charge in [0.25, 0.3) is 0 Å². The maximum Gasteiger partial charge on any atom is 0.161 e. The first-order valence-corrected chi connectivity index (χ1v) is 7.70. The molecule has 1 aromatic rings. The summed E-state index contributed by atoms with van der Waals surface area (Å²) in [6.45, 7) is 6.29. The minimum atomic E-state index is 0.674. The van der Waals surface area contributed by atoms with E-state index in [1.807, 2.05) is 13.0 Å². The van der Waals surface area contributed by atoms with Crippen molar-refractivity contribution in [3.05, 3.63) is 23.8 Å². The molecule has 0 atom stereocenters. The third kappa shape index (κ3) is 3.56. The molecule has 2 rings (SSSR count). The number of hydrogen-bond acceptors (Lipinski definition) is 3. The van der Waals surface area contributed by atoms with Gasteiger partial charge in [-0.25, -0.2) is 0 Å². The fourth-order valence-electron chi connectivity index (χ4n) is 2.22. The molecule has 1 heterocycles. The summed E-state index contributed by atoms with van der Waals surface area (Å²) in [5.41, 5.74) is 1.33. The summed E-state index contributed by atoms with van der Waals surface area (Å²) in [5.74, 6) is 4.25. The molecule has 1 saturated heterocycles. The zero-order chi connectivity index (χ0) is 12.8. The number of quaternary nitrogens is 1. The van der Waals surface area contributed by atoms with Crippen molar-refractivity contribution in [1.82, 2.24) is 0 Å². The van der Waals surface area contributed by atoms with Gasteiger partial charge in [0, 0.05) is 17.1 Å². The van der Waals surface area contributed by atoms with Gasteiger partial charge in [0.15, 0.2) is 11.5 Å². The van der Waals surface area contributed by atoms with Gasteiger partial charge in [-0.2, -0.15) is 11.8 Å². The average molecular weight is 268 g/mol. The summed E-state index contributed by atoms with van der Waals surface area (Å²) in [6, 6.07) is 6.28. The van der Waals surface area contributed by atoms with Gasteiger partial charge in [-0.3, -0.25) is 0 Å². The van der Waals surface area contributed by atoms with Crippen LogP contribution in [0.3, 0.4) is 0 Å². The smallest absolute Gasteiger partial charge is 0.161 e. The van der Waals surface area contributed by atoms with Crippen molar-refractivity contribution >= 4 is 11.8 Å². The summed E-state index contributed by atoms with van der Waals surface area (Å²) < 4.78 is 10.9. The summed E-state index contributed by atoms with van der Waals surface area (Å²) in [6.07, 6.45) is 0. The molecule has 100 valence electrons. The third-order valence-corrected chi connectivity index (χ3v) is 4.17. The van der Waals surface area contributed by atoms with Gasteiger partial charge in [-0.05, 0) is 25.1 Å². The molecule has 0 aromatic heterocycles. The van der Waals surface area contributed by atoms with Crippen LogP contribution in [0.1, 0.15) is 12.5 Å². The van der Waals surface area contributed by atoms with Gasteiger partial charge >= 0.3 is 0 Å². The monoisotopic (exact) mass is 268 g/mol. The van der Waals surface area contributed by atoms with E-state index < -0.39 is 0 Å². The van der Waals surface area contributed by atoms with Crippen molar-refractivity contribution in [3.63, 3.8) is 0 Å². The summed E-state index contributed by atoms with van der Waals surface area (Å²) >= 11 is 2.06. The predicted octanol–water partition coefficient (Wildman–Crippen LogP) is 1.23. The van der Waals surface area contributed by atoms with Crippen molar-refractivity contribution < 1.29 is 14.4 Å². The largest absolute Gasteiger partial charge is 0.493 e. The quantitative estimate of drug-likeness (QED) is 0.868. The highest BCUT2D eigenvalue weighted by atomic mass is 32.2. The molecule has 18 heavy (non-hydrogen) atoms. The Hall–Kier alpha value is -0.870. The Morgan fingerprint density at radius 1 is 1.22 bits per heavy atom. The number of benzene rings is 1. The first-order valence-electron chi connectivity index (χ1n) is 6.54.